The van der Waals surface area contributed by atoms with Crippen LogP contribution in [0.2, 0.25) is 5.02 Å². The molecule has 0 bridgehead atoms. The van der Waals surface area contributed by atoms with Gasteiger partial charge < -0.3 is 0 Å². The second-order valence-corrected chi connectivity index (χ2v) is 6.80. The third kappa shape index (κ3) is 3.85. The lowest BCUT2D eigenvalue weighted by Gasteiger charge is -1.97. The fourth-order valence-electron chi connectivity index (χ4n) is 1.90. The first kappa shape index (κ1) is 15.9. The van der Waals surface area contributed by atoms with E-state index in [2.05, 4.69) is 32.0 Å². The van der Waals surface area contributed by atoms with Crippen LogP contribution in [0.25, 0.3) is 11.3 Å². The molecule has 0 N–H and O–H groups in total. The van der Waals surface area contributed by atoms with Crippen molar-refractivity contribution >= 4 is 50.3 Å². The van der Waals surface area contributed by atoms with Gasteiger partial charge >= 0.3 is 0 Å². The lowest BCUT2D eigenvalue weighted by atomic mass is 10.2. The van der Waals surface area contributed by atoms with Crippen molar-refractivity contribution in [2.75, 3.05) is 0 Å². The highest BCUT2D eigenvalue weighted by molar-refractivity contribution is 9.10. The Labute approximate surface area is 151 Å². The first-order chi connectivity index (χ1) is 11.2. The molecule has 6 heteroatoms. The monoisotopic (exact) mass is 401 g/mol. The molecule has 3 nitrogen and oxygen atoms in total. The Balaban J connectivity index is 1.92. The summed E-state index contributed by atoms with van der Waals surface area (Å²) in [7, 11) is 0. The molecule has 0 saturated heterocycles. The van der Waals surface area contributed by atoms with Crippen molar-refractivity contribution in [3.8, 4) is 17.3 Å². The fraction of sp³-hybridized carbons (Fsp3) is 0. The maximum absolute atomic E-state index is 9.37. The molecule has 23 heavy (non-hydrogen) atoms. The highest BCUT2D eigenvalue weighted by atomic mass is 79.9. The largest absolute Gasteiger partial charge is 0.235 e. The van der Waals surface area contributed by atoms with Gasteiger partial charge in [-0.2, -0.15) is 5.26 Å². The van der Waals surface area contributed by atoms with Crippen LogP contribution in [0.3, 0.4) is 0 Å². The summed E-state index contributed by atoms with van der Waals surface area (Å²) in [5.41, 5.74) is 2.78. The van der Waals surface area contributed by atoms with E-state index in [9.17, 15) is 5.26 Å². The van der Waals surface area contributed by atoms with Gasteiger partial charge in [-0.15, -0.1) is 11.3 Å². The highest BCUT2D eigenvalue weighted by Gasteiger charge is 2.10. The summed E-state index contributed by atoms with van der Waals surface area (Å²) in [4.78, 5) is 8.88. The number of nitrogens with zero attached hydrogens (tertiary/aromatic N) is 3. The number of aromatic nitrogens is 1. The van der Waals surface area contributed by atoms with E-state index in [1.54, 1.807) is 0 Å². The van der Waals surface area contributed by atoms with Crippen molar-refractivity contribution < 1.29 is 0 Å². The number of halogens is 2. The third-order valence-corrected chi connectivity index (χ3v) is 4.65. The van der Waals surface area contributed by atoms with Crippen LogP contribution in [0.5, 0.6) is 0 Å². The van der Waals surface area contributed by atoms with E-state index in [-0.39, 0.29) is 0 Å². The van der Waals surface area contributed by atoms with Crippen LogP contribution in [-0.2, 0) is 0 Å². The summed E-state index contributed by atoms with van der Waals surface area (Å²) in [5.74, 6) is 0. The first-order valence-corrected chi connectivity index (χ1v) is 8.67. The van der Waals surface area contributed by atoms with Gasteiger partial charge in [-0.25, -0.2) is 9.98 Å². The maximum Gasteiger partial charge on any atom is 0.177 e. The van der Waals surface area contributed by atoms with Gasteiger partial charge in [-0.3, -0.25) is 0 Å². The van der Waals surface area contributed by atoms with E-state index in [4.69, 9.17) is 11.6 Å². The summed E-state index contributed by atoms with van der Waals surface area (Å²) in [6.45, 7) is 0. The van der Waals surface area contributed by atoms with Crippen molar-refractivity contribution in [2.24, 2.45) is 4.99 Å². The molecule has 112 valence electrons. The Morgan fingerprint density at radius 1 is 1.13 bits per heavy atom. The summed E-state index contributed by atoms with van der Waals surface area (Å²) in [5, 5.41) is 12.6. The van der Waals surface area contributed by atoms with Gasteiger partial charge in [0, 0.05) is 20.4 Å². The third-order valence-electron chi connectivity index (χ3n) is 3.02. The molecule has 0 spiro atoms. The van der Waals surface area contributed by atoms with Gasteiger partial charge in [-0.05, 0) is 36.4 Å². The van der Waals surface area contributed by atoms with Gasteiger partial charge in [0.2, 0.25) is 0 Å². The van der Waals surface area contributed by atoms with E-state index >= 15 is 0 Å². The summed E-state index contributed by atoms with van der Waals surface area (Å²) in [6, 6.07) is 17.0. The predicted octanol–water partition coefficient (Wildman–Crippen LogP) is 5.87. The Morgan fingerprint density at radius 3 is 2.48 bits per heavy atom. The molecule has 0 atom stereocenters. The van der Waals surface area contributed by atoms with Crippen LogP contribution in [0, 0.1) is 11.3 Å². The van der Waals surface area contributed by atoms with Gasteiger partial charge in [0.05, 0.1) is 11.4 Å². The number of benzene rings is 2. The van der Waals surface area contributed by atoms with Crippen molar-refractivity contribution in [3.05, 3.63) is 68.4 Å². The number of nitriles is 1. The van der Waals surface area contributed by atoms with E-state index in [0.29, 0.717) is 21.4 Å². The normalized spacial score (nSPS) is 11.3. The molecule has 0 fully saturated rings. The summed E-state index contributed by atoms with van der Waals surface area (Å²) >= 11 is 10.7. The molecule has 0 aliphatic carbocycles. The number of aliphatic imine (C=N–C) groups is 1. The predicted molar refractivity (Wildman–Crippen MR) is 98.5 cm³/mol. The van der Waals surface area contributed by atoms with Crippen molar-refractivity contribution in [2.45, 2.75) is 0 Å². The standard InChI is InChI=1S/C17H9BrClN3S/c18-12-3-7-14(8-4-12)21-15(9-20)17-22-16(10-23-17)11-1-5-13(19)6-2-11/h1-8,10H. The molecule has 0 radical (unpaired) electrons. The quantitative estimate of drug-likeness (QED) is 0.514. The minimum absolute atomic E-state index is 0.303. The molecule has 1 heterocycles. The van der Waals surface area contributed by atoms with E-state index in [1.165, 1.54) is 11.3 Å². The molecule has 0 unspecified atom stereocenters. The molecule has 2 aromatic carbocycles. The smallest absolute Gasteiger partial charge is 0.177 e. The highest BCUT2D eigenvalue weighted by Crippen LogP contribution is 2.25. The zero-order chi connectivity index (χ0) is 16.2. The van der Waals surface area contributed by atoms with Crippen molar-refractivity contribution in [3.63, 3.8) is 0 Å². The second kappa shape index (κ2) is 7.05. The lowest BCUT2D eigenvalue weighted by Crippen LogP contribution is -1.95. The summed E-state index contributed by atoms with van der Waals surface area (Å²) in [6.07, 6.45) is 0. The number of rotatable bonds is 3. The van der Waals surface area contributed by atoms with E-state index in [1.807, 2.05) is 53.9 Å². The zero-order valence-corrected chi connectivity index (χ0v) is 14.9. The van der Waals surface area contributed by atoms with Crippen LogP contribution < -0.4 is 0 Å². The minimum Gasteiger partial charge on any atom is -0.235 e. The van der Waals surface area contributed by atoms with Gasteiger partial charge in [0.1, 0.15) is 6.07 Å². The van der Waals surface area contributed by atoms with Crippen LogP contribution in [0.4, 0.5) is 5.69 Å². The Kier molecular flexibility index (Phi) is 4.87. The molecular formula is C17H9BrClN3S. The van der Waals surface area contributed by atoms with Gasteiger partial charge in [-0.1, -0.05) is 39.7 Å². The number of thiazole rings is 1. The van der Waals surface area contributed by atoms with Crippen molar-refractivity contribution in [1.82, 2.24) is 4.98 Å². The topological polar surface area (TPSA) is 49.0 Å². The van der Waals surface area contributed by atoms with Gasteiger partial charge in [0.15, 0.2) is 10.7 Å². The van der Waals surface area contributed by atoms with Gasteiger partial charge in [0.25, 0.3) is 0 Å². The summed E-state index contributed by atoms with van der Waals surface area (Å²) < 4.78 is 0.967. The zero-order valence-electron chi connectivity index (χ0n) is 11.7. The van der Waals surface area contributed by atoms with Crippen LogP contribution in [0.1, 0.15) is 5.01 Å². The Bertz CT molecular complexity index is 893. The molecule has 3 rings (SSSR count). The molecule has 0 aliphatic rings. The molecule has 3 aromatic rings. The van der Waals surface area contributed by atoms with Crippen LogP contribution in [-0.4, -0.2) is 10.7 Å². The number of hydrogen-bond donors (Lipinski definition) is 0. The van der Waals surface area contributed by atoms with E-state index < -0.39 is 0 Å². The first-order valence-electron chi connectivity index (χ1n) is 6.62. The molecule has 0 aliphatic heterocycles. The second-order valence-electron chi connectivity index (χ2n) is 4.59. The molecule has 0 saturated carbocycles. The fourth-order valence-corrected chi connectivity index (χ4v) is 3.06. The Hall–Kier alpha value is -2.00. The van der Waals surface area contributed by atoms with Crippen LogP contribution >= 0.6 is 38.9 Å². The average molecular weight is 403 g/mol. The molecule has 1 aromatic heterocycles. The molecule has 0 amide bonds. The lowest BCUT2D eigenvalue weighted by molar-refractivity contribution is 1.37. The van der Waals surface area contributed by atoms with Crippen LogP contribution in [0.15, 0.2) is 63.4 Å². The van der Waals surface area contributed by atoms with Crippen molar-refractivity contribution in [1.29, 1.82) is 5.26 Å². The minimum atomic E-state index is 0.303. The average Bonchev–Trinajstić information content (AvgIpc) is 3.05. The molecular weight excluding hydrogens is 394 g/mol. The number of hydrogen-bond acceptors (Lipinski definition) is 4. The SMILES string of the molecule is N#CC(=Nc1ccc(Br)cc1)c1nc(-c2ccc(Cl)cc2)cs1. The Morgan fingerprint density at radius 2 is 1.83 bits per heavy atom. The maximum atomic E-state index is 9.37. The van der Waals surface area contributed by atoms with E-state index in [0.717, 1.165) is 15.7 Å².